The molecule has 0 spiro atoms. The molecular formula is C40H56N2O8. The summed E-state index contributed by atoms with van der Waals surface area (Å²) in [7, 11) is 1.60. The van der Waals surface area contributed by atoms with Crippen LogP contribution in [0.15, 0.2) is 44.6 Å². The van der Waals surface area contributed by atoms with Crippen LogP contribution >= 0.6 is 0 Å². The lowest BCUT2D eigenvalue weighted by molar-refractivity contribution is 0.0367. The van der Waals surface area contributed by atoms with Gasteiger partial charge in [-0.1, -0.05) is 23.3 Å². The third-order valence-corrected chi connectivity index (χ3v) is 9.40. The van der Waals surface area contributed by atoms with Gasteiger partial charge in [0.1, 0.15) is 28.1 Å². The van der Waals surface area contributed by atoms with Crippen LogP contribution in [0.3, 0.4) is 0 Å². The maximum atomic E-state index is 14.4. The van der Waals surface area contributed by atoms with Crippen molar-refractivity contribution in [2.45, 2.75) is 66.2 Å². The Morgan fingerprint density at radius 3 is 1.78 bits per heavy atom. The van der Waals surface area contributed by atoms with Gasteiger partial charge in [-0.15, -0.1) is 0 Å². The molecule has 2 aliphatic rings. The number of benzene rings is 2. The quantitative estimate of drug-likeness (QED) is 0.0939. The number of aromatic hydroxyl groups is 1. The molecule has 5 rings (SSSR count). The van der Waals surface area contributed by atoms with E-state index in [-0.39, 0.29) is 22.1 Å². The van der Waals surface area contributed by atoms with Crippen molar-refractivity contribution in [3.8, 4) is 23.0 Å². The molecule has 0 radical (unpaired) electrons. The number of unbranched alkanes of at least 4 members (excludes halogenated alkanes) is 2. The Labute approximate surface area is 296 Å². The van der Waals surface area contributed by atoms with Crippen LogP contribution < -0.4 is 19.6 Å². The van der Waals surface area contributed by atoms with Crippen LogP contribution in [0.2, 0.25) is 0 Å². The molecule has 2 aliphatic heterocycles. The molecule has 10 heteroatoms. The van der Waals surface area contributed by atoms with Gasteiger partial charge in [-0.3, -0.25) is 14.6 Å². The summed E-state index contributed by atoms with van der Waals surface area (Å²) in [6.45, 7) is 18.1. The predicted molar refractivity (Wildman–Crippen MR) is 198 cm³/mol. The monoisotopic (exact) mass is 692 g/mol. The van der Waals surface area contributed by atoms with Gasteiger partial charge in [-0.2, -0.15) is 0 Å². The number of hydrogen-bond donors (Lipinski definition) is 1. The van der Waals surface area contributed by atoms with E-state index in [0.29, 0.717) is 65.4 Å². The van der Waals surface area contributed by atoms with Gasteiger partial charge in [-0.05, 0) is 79.3 Å². The Hall–Kier alpha value is -3.57. The third-order valence-electron chi connectivity index (χ3n) is 9.40. The van der Waals surface area contributed by atoms with Crippen molar-refractivity contribution in [3.05, 3.63) is 56.8 Å². The summed E-state index contributed by atoms with van der Waals surface area (Å²) < 4.78 is 36.0. The van der Waals surface area contributed by atoms with Crippen LogP contribution in [-0.4, -0.2) is 101 Å². The normalized spacial score (nSPS) is 15.7. The van der Waals surface area contributed by atoms with Crippen LogP contribution in [-0.2, 0) is 22.3 Å². The SMILES string of the molecule is COc1c(OCCCCN2CCOCC2)cc2oc3cc(OCCCCN4CCOCC4)c(CC=C(C)C)c(O)c3c(=O)c2c1CC=C(C)C. The van der Waals surface area contributed by atoms with Crippen LogP contribution in [0.4, 0.5) is 0 Å². The Morgan fingerprint density at radius 1 is 0.740 bits per heavy atom. The van der Waals surface area contributed by atoms with Gasteiger partial charge in [0, 0.05) is 49.4 Å². The molecule has 10 nitrogen and oxygen atoms in total. The van der Waals surface area contributed by atoms with Gasteiger partial charge < -0.3 is 33.2 Å². The first-order valence-corrected chi connectivity index (χ1v) is 18.2. The zero-order valence-electron chi connectivity index (χ0n) is 30.7. The van der Waals surface area contributed by atoms with Gasteiger partial charge in [0.15, 0.2) is 11.5 Å². The van der Waals surface area contributed by atoms with Gasteiger partial charge in [0.2, 0.25) is 5.43 Å². The van der Waals surface area contributed by atoms with E-state index in [0.717, 1.165) is 103 Å². The molecular weight excluding hydrogens is 636 g/mol. The minimum absolute atomic E-state index is 0.105. The Kier molecular flexibility index (Phi) is 14.0. The first kappa shape index (κ1) is 37.7. The van der Waals surface area contributed by atoms with E-state index in [4.69, 9.17) is 28.1 Å². The number of allylic oxidation sites excluding steroid dienone is 4. The van der Waals surface area contributed by atoms with E-state index in [2.05, 4.69) is 15.9 Å². The van der Waals surface area contributed by atoms with Crippen molar-refractivity contribution in [1.82, 2.24) is 9.80 Å². The van der Waals surface area contributed by atoms with Crippen molar-refractivity contribution in [2.75, 3.05) is 86.0 Å². The van der Waals surface area contributed by atoms with Crippen molar-refractivity contribution >= 4 is 21.9 Å². The number of ether oxygens (including phenoxy) is 5. The standard InChI is InChI=1S/C40H56N2O8/c1-28(2)10-12-30-32(48-20-8-6-14-41-16-22-46-23-17-41)26-34-37(38(30)43)39(44)36-31(13-11-29(3)4)40(45-5)35(27-33(36)50-34)49-21-9-7-15-42-18-24-47-25-19-42/h10-11,26-27,43H,6-9,12-25H2,1-5H3. The fraction of sp³-hybridized carbons (Fsp3) is 0.575. The van der Waals surface area contributed by atoms with Crippen LogP contribution in [0.5, 0.6) is 23.0 Å². The maximum Gasteiger partial charge on any atom is 0.204 e. The van der Waals surface area contributed by atoms with Crippen molar-refractivity contribution in [1.29, 1.82) is 0 Å². The number of phenolic OH excluding ortho intramolecular Hbond substituents is 1. The van der Waals surface area contributed by atoms with E-state index < -0.39 is 0 Å². The second-order valence-corrected chi connectivity index (χ2v) is 13.8. The molecule has 0 amide bonds. The Balaban J connectivity index is 1.47. The molecule has 1 N–H and O–H groups in total. The summed E-state index contributed by atoms with van der Waals surface area (Å²) in [5.74, 6) is 1.46. The number of fused-ring (bicyclic) bond motifs is 2. The highest BCUT2D eigenvalue weighted by atomic mass is 16.5. The molecule has 1 aromatic heterocycles. The highest BCUT2D eigenvalue weighted by Gasteiger charge is 2.24. The molecule has 2 aromatic carbocycles. The molecule has 0 bridgehead atoms. The summed E-state index contributed by atoms with van der Waals surface area (Å²) in [6, 6.07) is 3.52. The van der Waals surface area contributed by atoms with Gasteiger partial charge in [-0.25, -0.2) is 0 Å². The average Bonchev–Trinajstić information content (AvgIpc) is 3.10. The van der Waals surface area contributed by atoms with Gasteiger partial charge in [0.05, 0.1) is 52.1 Å². The molecule has 0 unspecified atom stereocenters. The van der Waals surface area contributed by atoms with E-state index in [1.807, 2.05) is 33.8 Å². The summed E-state index contributed by atoms with van der Waals surface area (Å²) in [4.78, 5) is 19.3. The molecule has 50 heavy (non-hydrogen) atoms. The lowest BCUT2D eigenvalue weighted by Gasteiger charge is -2.26. The molecule has 2 fully saturated rings. The summed E-state index contributed by atoms with van der Waals surface area (Å²) in [5.41, 5.74) is 3.83. The number of hydrogen-bond acceptors (Lipinski definition) is 10. The number of morpholine rings is 2. The molecule has 2 saturated heterocycles. The van der Waals surface area contributed by atoms with Crippen LogP contribution in [0.1, 0.15) is 64.5 Å². The first-order chi connectivity index (χ1) is 24.3. The zero-order valence-corrected chi connectivity index (χ0v) is 30.7. The van der Waals surface area contributed by atoms with Crippen LogP contribution in [0, 0.1) is 0 Å². The predicted octanol–water partition coefficient (Wildman–Crippen LogP) is 6.66. The first-order valence-electron chi connectivity index (χ1n) is 18.2. The third kappa shape index (κ3) is 9.81. The van der Waals surface area contributed by atoms with Crippen molar-refractivity contribution < 1.29 is 33.2 Å². The fourth-order valence-corrected chi connectivity index (χ4v) is 6.56. The largest absolute Gasteiger partial charge is 0.507 e. The topological polar surface area (TPSA) is 103 Å². The summed E-state index contributed by atoms with van der Waals surface area (Å²) >= 11 is 0. The molecule has 0 saturated carbocycles. The highest BCUT2D eigenvalue weighted by molar-refractivity contribution is 5.98. The summed E-state index contributed by atoms with van der Waals surface area (Å²) in [5, 5.41) is 12.3. The lowest BCUT2D eigenvalue weighted by atomic mass is 9.98. The number of phenols is 1. The Morgan fingerprint density at radius 2 is 1.24 bits per heavy atom. The van der Waals surface area contributed by atoms with E-state index in [1.54, 1.807) is 19.2 Å². The van der Waals surface area contributed by atoms with Gasteiger partial charge >= 0.3 is 0 Å². The maximum absolute atomic E-state index is 14.4. The molecule has 0 atom stereocenters. The second-order valence-electron chi connectivity index (χ2n) is 13.8. The molecule has 0 aliphatic carbocycles. The molecule has 3 aromatic rings. The van der Waals surface area contributed by atoms with Gasteiger partial charge in [0.25, 0.3) is 0 Å². The van der Waals surface area contributed by atoms with E-state index >= 15 is 0 Å². The number of nitrogens with zero attached hydrogens (tertiary/aromatic N) is 2. The van der Waals surface area contributed by atoms with E-state index in [1.165, 1.54) is 0 Å². The summed E-state index contributed by atoms with van der Waals surface area (Å²) in [6.07, 6.45) is 8.70. The zero-order chi connectivity index (χ0) is 35.5. The van der Waals surface area contributed by atoms with Crippen molar-refractivity contribution in [2.24, 2.45) is 0 Å². The molecule has 274 valence electrons. The molecule has 3 heterocycles. The number of rotatable bonds is 17. The van der Waals surface area contributed by atoms with Crippen molar-refractivity contribution in [3.63, 3.8) is 0 Å². The average molecular weight is 693 g/mol. The lowest BCUT2D eigenvalue weighted by Crippen LogP contribution is -2.36. The van der Waals surface area contributed by atoms with E-state index in [9.17, 15) is 9.90 Å². The minimum atomic E-state index is -0.304. The Bertz CT molecular complexity index is 1690. The second kappa shape index (κ2) is 18.6. The minimum Gasteiger partial charge on any atom is -0.507 e. The highest BCUT2D eigenvalue weighted by Crippen LogP contribution is 2.41. The van der Waals surface area contributed by atoms with Crippen LogP contribution in [0.25, 0.3) is 21.9 Å². The number of methoxy groups -OCH3 is 1. The smallest absolute Gasteiger partial charge is 0.204 e. The fourth-order valence-electron chi connectivity index (χ4n) is 6.56.